The van der Waals surface area contributed by atoms with E-state index >= 15 is 0 Å². The normalized spacial score (nSPS) is 16.1. The van der Waals surface area contributed by atoms with E-state index in [1.807, 2.05) is 12.1 Å². The number of piperazine rings is 1. The molecule has 0 radical (unpaired) electrons. The van der Waals surface area contributed by atoms with Gasteiger partial charge in [0.05, 0.1) is 6.61 Å². The van der Waals surface area contributed by atoms with E-state index in [0.29, 0.717) is 12.1 Å². The molecule has 2 rings (SSSR count). The van der Waals surface area contributed by atoms with Gasteiger partial charge in [-0.05, 0) is 37.6 Å². The number of hydrogen-bond acceptors (Lipinski definition) is 4. The first-order valence-corrected chi connectivity index (χ1v) is 10.4. The standard InChI is InChI=1S/C21H34F3N5O.HI/c1-25-20(26-9-3-4-10-29-13-11-28(2)12-14-29)27-15-18-5-7-19(8-6-18)16-30-17-21(22,23)24;/h5-8H,3-4,9-17H2,1-2H3,(H2,25,26,27);1H. The molecular weight excluding hydrogens is 522 g/mol. The number of alkyl halides is 3. The van der Waals surface area contributed by atoms with Crippen LogP contribution in [0.5, 0.6) is 0 Å². The van der Waals surface area contributed by atoms with Crippen molar-refractivity contribution in [3.8, 4) is 0 Å². The van der Waals surface area contributed by atoms with E-state index in [-0.39, 0.29) is 30.6 Å². The number of unbranched alkanes of at least 4 members (excludes halogenated alkanes) is 1. The number of benzene rings is 1. The summed E-state index contributed by atoms with van der Waals surface area (Å²) in [4.78, 5) is 9.11. The number of nitrogens with one attached hydrogen (secondary N) is 2. The van der Waals surface area contributed by atoms with Gasteiger partial charge in [-0.3, -0.25) is 4.99 Å². The lowest BCUT2D eigenvalue weighted by atomic mass is 10.1. The minimum Gasteiger partial charge on any atom is -0.367 e. The van der Waals surface area contributed by atoms with Crippen molar-refractivity contribution in [2.45, 2.75) is 32.2 Å². The fourth-order valence-corrected chi connectivity index (χ4v) is 3.18. The van der Waals surface area contributed by atoms with E-state index in [1.54, 1.807) is 19.2 Å². The third kappa shape index (κ3) is 12.5. The molecule has 6 nitrogen and oxygen atoms in total. The third-order valence-corrected chi connectivity index (χ3v) is 5.03. The van der Waals surface area contributed by atoms with Gasteiger partial charge in [-0.25, -0.2) is 0 Å². The predicted molar refractivity (Wildman–Crippen MR) is 129 cm³/mol. The van der Waals surface area contributed by atoms with Crippen LogP contribution in [0.4, 0.5) is 13.2 Å². The lowest BCUT2D eigenvalue weighted by Crippen LogP contribution is -2.44. The minimum absolute atomic E-state index is 0. The van der Waals surface area contributed by atoms with Crippen LogP contribution < -0.4 is 10.6 Å². The van der Waals surface area contributed by atoms with Crippen LogP contribution in [-0.2, 0) is 17.9 Å². The summed E-state index contributed by atoms with van der Waals surface area (Å²) in [6, 6.07) is 7.31. The highest BCUT2D eigenvalue weighted by Crippen LogP contribution is 2.15. The molecule has 0 aliphatic carbocycles. The highest BCUT2D eigenvalue weighted by atomic mass is 127. The van der Waals surface area contributed by atoms with Crippen LogP contribution in [0, 0.1) is 0 Å². The molecule has 1 aliphatic rings. The van der Waals surface area contributed by atoms with Crippen LogP contribution >= 0.6 is 24.0 Å². The molecule has 0 spiro atoms. The highest BCUT2D eigenvalue weighted by Gasteiger charge is 2.27. The number of rotatable bonds is 10. The van der Waals surface area contributed by atoms with Crippen molar-refractivity contribution >= 4 is 29.9 Å². The molecule has 0 unspecified atom stereocenters. The van der Waals surface area contributed by atoms with Gasteiger partial charge < -0.3 is 25.2 Å². The fraction of sp³-hybridized carbons (Fsp3) is 0.667. The molecule has 31 heavy (non-hydrogen) atoms. The lowest BCUT2D eigenvalue weighted by molar-refractivity contribution is -0.176. The van der Waals surface area contributed by atoms with Crippen LogP contribution in [0.15, 0.2) is 29.3 Å². The van der Waals surface area contributed by atoms with Gasteiger partial charge in [-0.2, -0.15) is 13.2 Å². The second-order valence-corrected chi connectivity index (χ2v) is 7.63. The molecule has 0 atom stereocenters. The Morgan fingerprint density at radius 1 is 1.03 bits per heavy atom. The number of halogens is 4. The molecule has 2 N–H and O–H groups in total. The zero-order valence-electron chi connectivity index (χ0n) is 18.4. The lowest BCUT2D eigenvalue weighted by Gasteiger charge is -2.32. The molecule has 178 valence electrons. The second-order valence-electron chi connectivity index (χ2n) is 7.63. The summed E-state index contributed by atoms with van der Waals surface area (Å²) in [5, 5.41) is 6.58. The van der Waals surface area contributed by atoms with Gasteiger partial charge in [0.25, 0.3) is 0 Å². The van der Waals surface area contributed by atoms with E-state index in [9.17, 15) is 13.2 Å². The van der Waals surface area contributed by atoms with Crippen LogP contribution in [0.3, 0.4) is 0 Å². The second kappa shape index (κ2) is 14.9. The Morgan fingerprint density at radius 3 is 2.29 bits per heavy atom. The van der Waals surface area contributed by atoms with Crippen molar-refractivity contribution in [2.24, 2.45) is 4.99 Å². The van der Waals surface area contributed by atoms with E-state index < -0.39 is 12.8 Å². The van der Waals surface area contributed by atoms with Crippen LogP contribution in [0.1, 0.15) is 24.0 Å². The Labute approximate surface area is 200 Å². The SMILES string of the molecule is CN=C(NCCCCN1CCN(C)CC1)NCc1ccc(COCC(F)(F)F)cc1.I. The number of hydrogen-bond donors (Lipinski definition) is 2. The summed E-state index contributed by atoms with van der Waals surface area (Å²) in [5.41, 5.74) is 1.73. The molecule has 1 saturated heterocycles. The Morgan fingerprint density at radius 2 is 1.68 bits per heavy atom. The smallest absolute Gasteiger partial charge is 0.367 e. The van der Waals surface area contributed by atoms with Crippen molar-refractivity contribution in [2.75, 3.05) is 60.0 Å². The first kappa shape index (κ1) is 27.9. The van der Waals surface area contributed by atoms with Crippen molar-refractivity contribution < 1.29 is 17.9 Å². The highest BCUT2D eigenvalue weighted by molar-refractivity contribution is 14.0. The van der Waals surface area contributed by atoms with Crippen molar-refractivity contribution in [1.29, 1.82) is 0 Å². The number of aliphatic imine (C=N–C) groups is 1. The summed E-state index contributed by atoms with van der Waals surface area (Å²) in [6.07, 6.45) is -2.05. The Bertz CT molecular complexity index is 635. The molecule has 0 bridgehead atoms. The molecule has 1 fully saturated rings. The summed E-state index contributed by atoms with van der Waals surface area (Å²) < 4.78 is 41.0. The van der Waals surface area contributed by atoms with E-state index in [0.717, 1.165) is 63.6 Å². The monoisotopic (exact) mass is 557 g/mol. The number of likely N-dealkylation sites (N-methyl/N-ethyl adjacent to an activating group) is 1. The van der Waals surface area contributed by atoms with Gasteiger partial charge in [-0.15, -0.1) is 24.0 Å². The summed E-state index contributed by atoms with van der Waals surface area (Å²) in [6.45, 7) is 5.92. The van der Waals surface area contributed by atoms with Gasteiger partial charge in [0.1, 0.15) is 6.61 Å². The first-order valence-electron chi connectivity index (χ1n) is 10.4. The number of guanidine groups is 1. The summed E-state index contributed by atoms with van der Waals surface area (Å²) in [5.74, 6) is 0.743. The quantitative estimate of drug-likeness (QED) is 0.201. The predicted octanol–water partition coefficient (Wildman–Crippen LogP) is 3.08. The Hall–Kier alpha value is -1.11. The van der Waals surface area contributed by atoms with Crippen LogP contribution in [-0.4, -0.2) is 81.9 Å². The maximum absolute atomic E-state index is 12.1. The van der Waals surface area contributed by atoms with Gasteiger partial charge in [0.15, 0.2) is 5.96 Å². The zero-order valence-corrected chi connectivity index (χ0v) is 20.7. The molecular formula is C21H35F3IN5O. The van der Waals surface area contributed by atoms with Gasteiger partial charge in [0.2, 0.25) is 0 Å². The van der Waals surface area contributed by atoms with E-state index in [4.69, 9.17) is 0 Å². The van der Waals surface area contributed by atoms with Crippen LogP contribution in [0.25, 0.3) is 0 Å². The Balaban J connectivity index is 0.00000480. The van der Waals surface area contributed by atoms with Gasteiger partial charge >= 0.3 is 6.18 Å². The zero-order chi connectivity index (χ0) is 21.8. The molecule has 1 aliphatic heterocycles. The maximum Gasteiger partial charge on any atom is 0.411 e. The number of ether oxygens (including phenoxy) is 1. The van der Waals surface area contributed by atoms with Gasteiger partial charge in [-0.1, -0.05) is 24.3 Å². The molecule has 0 saturated carbocycles. The van der Waals surface area contributed by atoms with Crippen molar-refractivity contribution in [3.63, 3.8) is 0 Å². The van der Waals surface area contributed by atoms with Gasteiger partial charge in [0, 0.05) is 46.3 Å². The largest absolute Gasteiger partial charge is 0.411 e. The molecule has 10 heteroatoms. The first-order chi connectivity index (χ1) is 14.4. The van der Waals surface area contributed by atoms with Crippen molar-refractivity contribution in [3.05, 3.63) is 35.4 Å². The van der Waals surface area contributed by atoms with Crippen molar-refractivity contribution in [1.82, 2.24) is 20.4 Å². The molecule has 0 aromatic heterocycles. The summed E-state index contributed by atoms with van der Waals surface area (Å²) in [7, 11) is 3.90. The maximum atomic E-state index is 12.1. The molecule has 0 amide bonds. The van der Waals surface area contributed by atoms with E-state index in [1.165, 1.54) is 0 Å². The molecule has 1 aromatic carbocycles. The van der Waals surface area contributed by atoms with E-state index in [2.05, 4.69) is 37.2 Å². The molecule has 1 aromatic rings. The van der Waals surface area contributed by atoms with Crippen LogP contribution in [0.2, 0.25) is 0 Å². The number of nitrogens with zero attached hydrogens (tertiary/aromatic N) is 3. The average molecular weight is 557 g/mol. The average Bonchev–Trinajstić information content (AvgIpc) is 2.71. The summed E-state index contributed by atoms with van der Waals surface area (Å²) >= 11 is 0. The third-order valence-electron chi connectivity index (χ3n) is 5.03. The fourth-order valence-electron chi connectivity index (χ4n) is 3.18. The molecule has 1 heterocycles. The minimum atomic E-state index is -4.29. The topological polar surface area (TPSA) is 52.1 Å². The Kier molecular flexibility index (Phi) is 13.4.